The van der Waals surface area contributed by atoms with Crippen LogP contribution in [0.5, 0.6) is 0 Å². The number of rotatable bonds is 4. The number of carbonyl (C=O) groups is 3. The molecule has 1 aromatic heterocycles. The molecule has 1 aromatic carbocycles. The van der Waals surface area contributed by atoms with Gasteiger partial charge in [-0.2, -0.15) is 5.10 Å². The number of furan rings is 1. The van der Waals surface area contributed by atoms with Crippen molar-refractivity contribution in [1.82, 2.24) is 10.2 Å². The van der Waals surface area contributed by atoms with Gasteiger partial charge in [0.25, 0.3) is 11.8 Å². The summed E-state index contributed by atoms with van der Waals surface area (Å²) >= 11 is 0. The lowest BCUT2D eigenvalue weighted by Crippen LogP contribution is -2.49. The molecular weight excluding hydrogens is 396 g/mol. The summed E-state index contributed by atoms with van der Waals surface area (Å²) in [5.41, 5.74) is 3.02. The Labute approximate surface area is 180 Å². The number of aryl methyl sites for hydroxylation is 2. The Hall–Kier alpha value is -3.42. The number of carbonyl (C=O) groups excluding carboxylic acids is 3. The molecular formula is C23H26N4O4. The van der Waals surface area contributed by atoms with Crippen molar-refractivity contribution in [3.8, 4) is 0 Å². The summed E-state index contributed by atoms with van der Waals surface area (Å²) in [6, 6.07) is 9.14. The molecule has 0 radical (unpaired) electrons. The molecule has 4 rings (SSSR count). The monoisotopic (exact) mass is 422 g/mol. The molecule has 8 nitrogen and oxygen atoms in total. The Balaban J connectivity index is 1.39. The molecule has 0 saturated carbocycles. The minimum atomic E-state index is -0.251. The van der Waals surface area contributed by atoms with Gasteiger partial charge in [-0.25, -0.2) is 5.01 Å². The second kappa shape index (κ2) is 8.75. The van der Waals surface area contributed by atoms with Gasteiger partial charge in [0.15, 0.2) is 5.76 Å². The summed E-state index contributed by atoms with van der Waals surface area (Å²) in [6.45, 7) is 4.97. The van der Waals surface area contributed by atoms with Gasteiger partial charge in [0.2, 0.25) is 5.91 Å². The summed E-state index contributed by atoms with van der Waals surface area (Å²) < 4.78 is 5.18. The molecule has 0 spiro atoms. The molecule has 162 valence electrons. The van der Waals surface area contributed by atoms with Crippen LogP contribution in [0.3, 0.4) is 0 Å². The smallest absolute Gasteiger partial charge is 0.289 e. The Bertz CT molecular complexity index is 1020. The lowest BCUT2D eigenvalue weighted by atomic mass is 10.0. The maximum atomic E-state index is 12.8. The quantitative estimate of drug-likeness (QED) is 0.820. The number of nitrogens with zero attached hydrogens (tertiary/aromatic N) is 3. The van der Waals surface area contributed by atoms with E-state index in [2.05, 4.69) is 10.4 Å². The van der Waals surface area contributed by atoms with Gasteiger partial charge < -0.3 is 14.6 Å². The van der Waals surface area contributed by atoms with Crippen LogP contribution in [-0.2, 0) is 9.59 Å². The minimum absolute atomic E-state index is 0.0392. The summed E-state index contributed by atoms with van der Waals surface area (Å²) in [7, 11) is 0. The van der Waals surface area contributed by atoms with Gasteiger partial charge in [0.1, 0.15) is 5.71 Å². The first-order valence-corrected chi connectivity index (χ1v) is 10.5. The lowest BCUT2D eigenvalue weighted by Gasteiger charge is -2.32. The summed E-state index contributed by atoms with van der Waals surface area (Å²) in [5.74, 6) is -0.169. The Kier molecular flexibility index (Phi) is 5.88. The molecule has 2 aromatic rings. The van der Waals surface area contributed by atoms with Crippen molar-refractivity contribution in [2.75, 3.05) is 18.1 Å². The standard InChI is InChI=1S/C23H26N4O4/c1-15-5-6-16(2)19(14-15)27-21(28)8-7-18(25-27)22(29)24-17-9-11-26(12-10-17)23(30)20-4-3-13-31-20/h3-6,13-14,17H,7-12H2,1-2H3,(H,24,29). The van der Waals surface area contributed by atoms with E-state index in [-0.39, 0.29) is 30.2 Å². The summed E-state index contributed by atoms with van der Waals surface area (Å²) in [4.78, 5) is 39.4. The minimum Gasteiger partial charge on any atom is -0.459 e. The maximum absolute atomic E-state index is 12.8. The SMILES string of the molecule is Cc1ccc(C)c(N2N=C(C(=O)NC3CCN(C(=O)c4ccco4)CC3)CCC2=O)c1. The van der Waals surface area contributed by atoms with Crippen molar-refractivity contribution in [2.24, 2.45) is 5.10 Å². The molecule has 1 fully saturated rings. The van der Waals surface area contributed by atoms with Crippen LogP contribution in [-0.4, -0.2) is 47.5 Å². The van der Waals surface area contributed by atoms with Crippen LogP contribution in [0.1, 0.15) is 47.4 Å². The van der Waals surface area contributed by atoms with Crippen LogP contribution in [0.4, 0.5) is 5.69 Å². The fraction of sp³-hybridized carbons (Fsp3) is 0.391. The van der Waals surface area contributed by atoms with Crippen LogP contribution in [0.15, 0.2) is 46.1 Å². The van der Waals surface area contributed by atoms with E-state index in [9.17, 15) is 14.4 Å². The van der Waals surface area contributed by atoms with Gasteiger partial charge in [-0.05, 0) is 56.0 Å². The highest BCUT2D eigenvalue weighted by Gasteiger charge is 2.30. The van der Waals surface area contributed by atoms with Gasteiger partial charge >= 0.3 is 0 Å². The summed E-state index contributed by atoms with van der Waals surface area (Å²) in [6.07, 6.45) is 3.37. The number of nitrogens with one attached hydrogen (secondary N) is 1. The number of amides is 3. The highest BCUT2D eigenvalue weighted by Crippen LogP contribution is 2.25. The van der Waals surface area contributed by atoms with E-state index in [0.717, 1.165) is 11.1 Å². The van der Waals surface area contributed by atoms with E-state index in [1.807, 2.05) is 32.0 Å². The van der Waals surface area contributed by atoms with E-state index >= 15 is 0 Å². The van der Waals surface area contributed by atoms with Crippen molar-refractivity contribution < 1.29 is 18.8 Å². The second-order valence-electron chi connectivity index (χ2n) is 8.06. The molecule has 3 heterocycles. The molecule has 3 amide bonds. The van der Waals surface area contributed by atoms with E-state index < -0.39 is 0 Å². The fourth-order valence-corrected chi connectivity index (χ4v) is 3.90. The Morgan fingerprint density at radius 2 is 1.90 bits per heavy atom. The predicted octanol–water partition coefficient (Wildman–Crippen LogP) is 2.80. The maximum Gasteiger partial charge on any atom is 0.289 e. The number of benzene rings is 1. The molecule has 1 N–H and O–H groups in total. The molecule has 2 aliphatic heterocycles. The number of hydrazone groups is 1. The lowest BCUT2D eigenvalue weighted by molar-refractivity contribution is -0.119. The third-order valence-corrected chi connectivity index (χ3v) is 5.74. The van der Waals surface area contributed by atoms with Crippen LogP contribution in [0.25, 0.3) is 0 Å². The van der Waals surface area contributed by atoms with E-state index in [4.69, 9.17) is 4.42 Å². The number of hydrogen-bond acceptors (Lipinski definition) is 5. The van der Waals surface area contributed by atoms with Crippen molar-refractivity contribution in [3.05, 3.63) is 53.5 Å². The largest absolute Gasteiger partial charge is 0.459 e. The van der Waals surface area contributed by atoms with Gasteiger partial charge in [0.05, 0.1) is 12.0 Å². The van der Waals surface area contributed by atoms with Gasteiger partial charge in [-0.3, -0.25) is 14.4 Å². The van der Waals surface area contributed by atoms with Crippen LogP contribution in [0, 0.1) is 13.8 Å². The number of anilines is 1. The highest BCUT2D eigenvalue weighted by molar-refractivity contribution is 6.40. The number of likely N-dealkylation sites (tertiary alicyclic amines) is 1. The molecule has 0 unspecified atom stereocenters. The molecule has 1 saturated heterocycles. The van der Waals surface area contributed by atoms with E-state index in [0.29, 0.717) is 49.5 Å². The van der Waals surface area contributed by atoms with Crippen molar-refractivity contribution in [3.63, 3.8) is 0 Å². The zero-order valence-corrected chi connectivity index (χ0v) is 17.8. The first-order chi connectivity index (χ1) is 14.9. The molecule has 8 heteroatoms. The van der Waals surface area contributed by atoms with E-state index in [1.54, 1.807) is 17.0 Å². The van der Waals surface area contributed by atoms with Crippen molar-refractivity contribution >= 4 is 29.1 Å². The zero-order chi connectivity index (χ0) is 22.0. The van der Waals surface area contributed by atoms with Crippen LogP contribution in [0.2, 0.25) is 0 Å². The predicted molar refractivity (Wildman–Crippen MR) is 116 cm³/mol. The second-order valence-corrected chi connectivity index (χ2v) is 8.06. The third-order valence-electron chi connectivity index (χ3n) is 5.74. The fourth-order valence-electron chi connectivity index (χ4n) is 3.90. The number of hydrogen-bond donors (Lipinski definition) is 1. The Morgan fingerprint density at radius 1 is 1.13 bits per heavy atom. The zero-order valence-electron chi connectivity index (χ0n) is 17.8. The average Bonchev–Trinajstić information content (AvgIpc) is 3.31. The Morgan fingerprint density at radius 3 is 2.61 bits per heavy atom. The van der Waals surface area contributed by atoms with Gasteiger partial charge in [-0.15, -0.1) is 0 Å². The average molecular weight is 422 g/mol. The third kappa shape index (κ3) is 4.52. The van der Waals surface area contributed by atoms with Crippen molar-refractivity contribution in [2.45, 2.75) is 45.6 Å². The first-order valence-electron chi connectivity index (χ1n) is 10.5. The topological polar surface area (TPSA) is 95.2 Å². The number of piperidine rings is 1. The molecule has 0 atom stereocenters. The molecule has 0 aliphatic carbocycles. The molecule has 31 heavy (non-hydrogen) atoms. The highest BCUT2D eigenvalue weighted by atomic mass is 16.3. The van der Waals surface area contributed by atoms with Gasteiger partial charge in [0, 0.05) is 32.0 Å². The van der Waals surface area contributed by atoms with Crippen LogP contribution >= 0.6 is 0 Å². The van der Waals surface area contributed by atoms with Gasteiger partial charge in [-0.1, -0.05) is 12.1 Å². The summed E-state index contributed by atoms with van der Waals surface area (Å²) in [5, 5.41) is 8.77. The molecule has 0 bridgehead atoms. The van der Waals surface area contributed by atoms with Crippen molar-refractivity contribution in [1.29, 1.82) is 0 Å². The van der Waals surface area contributed by atoms with E-state index in [1.165, 1.54) is 11.3 Å². The van der Waals surface area contributed by atoms with Crippen LogP contribution < -0.4 is 10.3 Å². The first kappa shape index (κ1) is 20.8. The normalized spacial score (nSPS) is 17.5. The molecule has 2 aliphatic rings.